The van der Waals surface area contributed by atoms with Crippen LogP contribution in [0.15, 0.2) is 103 Å². The molecule has 0 N–H and O–H groups in total. The van der Waals surface area contributed by atoms with E-state index in [1.54, 1.807) is 6.20 Å². The van der Waals surface area contributed by atoms with E-state index < -0.39 is 0 Å². The van der Waals surface area contributed by atoms with Crippen molar-refractivity contribution in [3.63, 3.8) is 0 Å². The molecule has 0 amide bonds. The summed E-state index contributed by atoms with van der Waals surface area (Å²) < 4.78 is 8.24. The second-order valence-corrected chi connectivity index (χ2v) is 8.54. The Hall–Kier alpha value is -4.44. The van der Waals surface area contributed by atoms with E-state index >= 15 is 0 Å². The highest BCUT2D eigenvalue weighted by atomic mass is 16.5. The van der Waals surface area contributed by atoms with Crippen LogP contribution in [0.4, 0.5) is 0 Å². The third-order valence-electron chi connectivity index (χ3n) is 6.10. The summed E-state index contributed by atoms with van der Waals surface area (Å²) in [5, 5.41) is 2.43. The van der Waals surface area contributed by atoms with Gasteiger partial charge in [0.05, 0.1) is 11.0 Å². The maximum atomic E-state index is 5.97. The molecule has 0 saturated heterocycles. The van der Waals surface area contributed by atoms with Crippen molar-refractivity contribution in [2.45, 2.75) is 13.8 Å². The van der Waals surface area contributed by atoms with Crippen LogP contribution < -0.4 is 4.74 Å². The van der Waals surface area contributed by atoms with Gasteiger partial charge in [0.15, 0.2) is 0 Å². The Morgan fingerprint density at radius 3 is 2.35 bits per heavy atom. The van der Waals surface area contributed by atoms with Gasteiger partial charge in [-0.1, -0.05) is 54.6 Å². The van der Waals surface area contributed by atoms with E-state index in [1.165, 1.54) is 10.8 Å². The Balaban J connectivity index is 1.52. The summed E-state index contributed by atoms with van der Waals surface area (Å²) in [5.41, 5.74) is 6.80. The summed E-state index contributed by atoms with van der Waals surface area (Å²) in [7, 11) is 0. The van der Waals surface area contributed by atoms with Gasteiger partial charge >= 0.3 is 0 Å². The third-order valence-corrected chi connectivity index (χ3v) is 6.10. The molecule has 0 bridgehead atoms. The third kappa shape index (κ3) is 3.50. The van der Waals surface area contributed by atoms with Crippen molar-refractivity contribution >= 4 is 21.8 Å². The first-order valence-corrected chi connectivity index (χ1v) is 11.3. The number of fused-ring (bicyclic) bond motifs is 3. The standard InChI is InChI=1S/C30H23N3O/c1-20-16-21(2)30(32-19-20)33-27-11-4-3-10-25(27)26-14-13-23(18-28(26)33)22-8-7-9-24(17-22)34-29-12-5-6-15-31-29/h3-19H,1-2H3. The predicted molar refractivity (Wildman–Crippen MR) is 138 cm³/mol. The van der Waals surface area contributed by atoms with E-state index in [0.717, 1.165) is 44.9 Å². The molecule has 164 valence electrons. The Labute approximate surface area is 198 Å². The smallest absolute Gasteiger partial charge is 0.219 e. The zero-order valence-electron chi connectivity index (χ0n) is 19.1. The minimum absolute atomic E-state index is 0.580. The number of benzene rings is 3. The van der Waals surface area contributed by atoms with Crippen molar-refractivity contribution in [1.29, 1.82) is 0 Å². The molecule has 0 spiro atoms. The first kappa shape index (κ1) is 20.2. The molecule has 0 saturated carbocycles. The fourth-order valence-corrected chi connectivity index (χ4v) is 4.59. The largest absolute Gasteiger partial charge is 0.439 e. The molecule has 4 nitrogen and oxygen atoms in total. The van der Waals surface area contributed by atoms with Crippen LogP contribution in [0.5, 0.6) is 11.6 Å². The molecule has 0 atom stereocenters. The first-order chi connectivity index (χ1) is 16.7. The van der Waals surface area contributed by atoms with Crippen molar-refractivity contribution in [1.82, 2.24) is 14.5 Å². The highest BCUT2D eigenvalue weighted by Crippen LogP contribution is 2.36. The van der Waals surface area contributed by atoms with Gasteiger partial charge in [-0.25, -0.2) is 9.97 Å². The summed E-state index contributed by atoms with van der Waals surface area (Å²) >= 11 is 0. The van der Waals surface area contributed by atoms with E-state index in [9.17, 15) is 0 Å². The Morgan fingerprint density at radius 2 is 1.50 bits per heavy atom. The molecule has 3 aromatic carbocycles. The highest BCUT2D eigenvalue weighted by Gasteiger charge is 2.15. The number of hydrogen-bond donors (Lipinski definition) is 0. The SMILES string of the molecule is Cc1cnc(-n2c3ccccc3c3ccc(-c4cccc(Oc5ccccn5)c4)cc32)c(C)c1. The van der Waals surface area contributed by atoms with Gasteiger partial charge in [-0.15, -0.1) is 0 Å². The van der Waals surface area contributed by atoms with E-state index in [2.05, 4.69) is 84.1 Å². The van der Waals surface area contributed by atoms with Crippen LogP contribution in [-0.2, 0) is 0 Å². The lowest BCUT2D eigenvalue weighted by atomic mass is 10.0. The van der Waals surface area contributed by atoms with Gasteiger partial charge in [-0.2, -0.15) is 0 Å². The van der Waals surface area contributed by atoms with Gasteiger partial charge in [-0.05, 0) is 66.4 Å². The molecular formula is C30H23N3O. The van der Waals surface area contributed by atoms with Crippen molar-refractivity contribution in [3.05, 3.63) is 115 Å². The fraction of sp³-hybridized carbons (Fsp3) is 0.0667. The second-order valence-electron chi connectivity index (χ2n) is 8.54. The lowest BCUT2D eigenvalue weighted by molar-refractivity contribution is 0.463. The molecular weight excluding hydrogens is 418 g/mol. The molecule has 0 unspecified atom stereocenters. The van der Waals surface area contributed by atoms with E-state index in [-0.39, 0.29) is 0 Å². The second kappa shape index (κ2) is 8.16. The number of aromatic nitrogens is 3. The number of para-hydroxylation sites is 1. The zero-order chi connectivity index (χ0) is 23.1. The molecule has 34 heavy (non-hydrogen) atoms. The average molecular weight is 442 g/mol. The minimum atomic E-state index is 0.580. The molecule has 6 aromatic rings. The van der Waals surface area contributed by atoms with Gasteiger partial charge in [0.1, 0.15) is 11.6 Å². The minimum Gasteiger partial charge on any atom is -0.439 e. The normalized spacial score (nSPS) is 11.2. The molecule has 3 aromatic heterocycles. The summed E-state index contributed by atoms with van der Waals surface area (Å²) in [6, 6.07) is 31.1. The number of hydrogen-bond acceptors (Lipinski definition) is 3. The molecule has 4 heteroatoms. The lowest BCUT2D eigenvalue weighted by Gasteiger charge is -2.12. The maximum Gasteiger partial charge on any atom is 0.219 e. The molecule has 0 aliphatic heterocycles. The van der Waals surface area contributed by atoms with E-state index in [1.807, 2.05) is 36.5 Å². The molecule has 6 rings (SSSR count). The number of pyridine rings is 2. The van der Waals surface area contributed by atoms with Gasteiger partial charge in [0.2, 0.25) is 5.88 Å². The van der Waals surface area contributed by atoms with Gasteiger partial charge in [0.25, 0.3) is 0 Å². The topological polar surface area (TPSA) is 39.9 Å². The number of ether oxygens (including phenoxy) is 1. The molecule has 0 radical (unpaired) electrons. The van der Waals surface area contributed by atoms with Crippen LogP contribution in [0.2, 0.25) is 0 Å². The van der Waals surface area contributed by atoms with Crippen LogP contribution in [0.3, 0.4) is 0 Å². The summed E-state index contributed by atoms with van der Waals surface area (Å²) in [5.74, 6) is 2.30. The van der Waals surface area contributed by atoms with Crippen molar-refractivity contribution in [2.24, 2.45) is 0 Å². The van der Waals surface area contributed by atoms with Crippen molar-refractivity contribution < 1.29 is 4.74 Å². The lowest BCUT2D eigenvalue weighted by Crippen LogP contribution is -2.00. The van der Waals surface area contributed by atoms with Crippen LogP contribution in [0.1, 0.15) is 11.1 Å². The van der Waals surface area contributed by atoms with E-state index in [4.69, 9.17) is 9.72 Å². The van der Waals surface area contributed by atoms with Crippen LogP contribution >= 0.6 is 0 Å². The number of aryl methyl sites for hydroxylation is 2. The predicted octanol–water partition coefficient (Wildman–Crippen LogP) is 7.65. The van der Waals surface area contributed by atoms with E-state index in [0.29, 0.717) is 5.88 Å². The van der Waals surface area contributed by atoms with Crippen LogP contribution in [0, 0.1) is 13.8 Å². The fourth-order valence-electron chi connectivity index (χ4n) is 4.59. The summed E-state index contributed by atoms with van der Waals surface area (Å²) in [6.45, 7) is 4.20. The molecule has 0 fully saturated rings. The quantitative estimate of drug-likeness (QED) is 0.282. The van der Waals surface area contributed by atoms with Gasteiger partial charge < -0.3 is 4.74 Å². The van der Waals surface area contributed by atoms with Crippen LogP contribution in [0.25, 0.3) is 38.8 Å². The van der Waals surface area contributed by atoms with Crippen molar-refractivity contribution in [2.75, 3.05) is 0 Å². The Kier molecular flexibility index (Phi) is 4.84. The molecule has 0 aliphatic carbocycles. The van der Waals surface area contributed by atoms with Gasteiger partial charge in [-0.3, -0.25) is 4.57 Å². The number of nitrogens with zero attached hydrogens (tertiary/aromatic N) is 3. The average Bonchev–Trinajstić information content (AvgIpc) is 3.18. The summed E-state index contributed by atoms with van der Waals surface area (Å²) in [4.78, 5) is 9.09. The Bertz CT molecular complexity index is 1650. The number of rotatable bonds is 4. The molecule has 0 aliphatic rings. The highest BCUT2D eigenvalue weighted by molar-refractivity contribution is 6.10. The molecule has 3 heterocycles. The maximum absolute atomic E-state index is 5.97. The Morgan fingerprint density at radius 1 is 0.676 bits per heavy atom. The van der Waals surface area contributed by atoms with Crippen molar-refractivity contribution in [3.8, 4) is 28.6 Å². The van der Waals surface area contributed by atoms with Crippen LogP contribution in [-0.4, -0.2) is 14.5 Å². The monoisotopic (exact) mass is 441 g/mol. The first-order valence-electron chi connectivity index (χ1n) is 11.3. The zero-order valence-corrected chi connectivity index (χ0v) is 19.1. The summed E-state index contributed by atoms with van der Waals surface area (Å²) in [6.07, 6.45) is 3.66. The van der Waals surface area contributed by atoms with Gasteiger partial charge in [0, 0.05) is 29.2 Å².